The second-order valence-electron chi connectivity index (χ2n) is 6.01. The summed E-state index contributed by atoms with van der Waals surface area (Å²) < 4.78 is 85.2. The number of ether oxygens (including phenoxy) is 1. The quantitative estimate of drug-likeness (QED) is 0.565. The highest BCUT2D eigenvalue weighted by Crippen LogP contribution is 2.43. The molecule has 0 amide bonds. The Balaban J connectivity index is 2.27. The molecular formula is C17H12ClF6N5O. The van der Waals surface area contributed by atoms with Gasteiger partial charge in [0.25, 0.3) is 0 Å². The number of methoxy groups -OCH3 is 1. The zero-order valence-corrected chi connectivity index (χ0v) is 15.7. The number of nitrogens with two attached hydrogens (primary N) is 1. The molecule has 0 saturated heterocycles. The van der Waals surface area contributed by atoms with E-state index in [0.29, 0.717) is 12.1 Å². The Morgan fingerprint density at radius 1 is 1.03 bits per heavy atom. The molecule has 6 nitrogen and oxygen atoms in total. The predicted molar refractivity (Wildman–Crippen MR) is 93.7 cm³/mol. The zero-order valence-electron chi connectivity index (χ0n) is 14.9. The maximum Gasteiger partial charge on any atom is 0.435 e. The van der Waals surface area contributed by atoms with Gasteiger partial charge in [0.15, 0.2) is 5.69 Å². The van der Waals surface area contributed by atoms with Gasteiger partial charge < -0.3 is 10.5 Å². The highest BCUT2D eigenvalue weighted by Gasteiger charge is 2.41. The molecule has 30 heavy (non-hydrogen) atoms. The van der Waals surface area contributed by atoms with Gasteiger partial charge in [-0.15, -0.1) is 0 Å². The average Bonchev–Trinajstić information content (AvgIpc) is 3.12. The fourth-order valence-electron chi connectivity index (χ4n) is 2.82. The van der Waals surface area contributed by atoms with Gasteiger partial charge in [-0.3, -0.25) is 10.1 Å². The normalized spacial score (nSPS) is 13.4. The lowest BCUT2D eigenvalue weighted by molar-refractivity contribution is -0.140. The fraction of sp³-hybridized carbons (Fsp3) is 0.235. The molecule has 0 saturated carbocycles. The molecule has 1 unspecified atom stereocenters. The van der Waals surface area contributed by atoms with Gasteiger partial charge in [-0.2, -0.15) is 31.4 Å². The molecule has 13 heteroatoms. The molecule has 3 N–H and O–H groups in total. The number of aromatic nitrogens is 4. The molecule has 3 rings (SSSR count). The number of alkyl halides is 6. The van der Waals surface area contributed by atoms with Gasteiger partial charge in [0.05, 0.1) is 24.4 Å². The molecule has 1 aromatic carbocycles. The minimum absolute atomic E-state index is 0.0447. The van der Waals surface area contributed by atoms with Crippen molar-refractivity contribution in [3.05, 3.63) is 58.3 Å². The van der Waals surface area contributed by atoms with E-state index < -0.39 is 45.8 Å². The summed E-state index contributed by atoms with van der Waals surface area (Å²) >= 11 is 5.75. The first-order valence-electron chi connectivity index (χ1n) is 8.07. The summed E-state index contributed by atoms with van der Waals surface area (Å²) in [5.74, 6) is -0.0683. The molecule has 0 aliphatic heterocycles. The summed E-state index contributed by atoms with van der Waals surface area (Å²) in [5.41, 5.74) is 1.86. The van der Waals surface area contributed by atoms with Crippen LogP contribution in [0.15, 0.2) is 30.6 Å². The standard InChI is InChI=1S/C17H12ClF6N5O/c1-30-15-13(26-2-3-27-15)11(25)12-10(14(29-28-12)17(22,23)24)7-4-8(16(19,20)21)6-9(18)5-7/h2-6,11H,25H2,1H3,(H,28,29). The summed E-state index contributed by atoms with van der Waals surface area (Å²) in [7, 11) is 1.25. The van der Waals surface area contributed by atoms with Crippen molar-refractivity contribution in [3.63, 3.8) is 0 Å². The Morgan fingerprint density at radius 2 is 1.70 bits per heavy atom. The van der Waals surface area contributed by atoms with Gasteiger partial charge in [0, 0.05) is 23.0 Å². The van der Waals surface area contributed by atoms with Crippen molar-refractivity contribution in [2.45, 2.75) is 18.4 Å². The van der Waals surface area contributed by atoms with Crippen LogP contribution in [0.4, 0.5) is 26.3 Å². The van der Waals surface area contributed by atoms with Crippen LogP contribution in [-0.2, 0) is 12.4 Å². The third-order valence-corrected chi connectivity index (χ3v) is 4.28. The van der Waals surface area contributed by atoms with Crippen LogP contribution in [0.1, 0.15) is 28.7 Å². The van der Waals surface area contributed by atoms with Crippen molar-refractivity contribution >= 4 is 11.6 Å². The van der Waals surface area contributed by atoms with Crippen LogP contribution in [-0.4, -0.2) is 27.3 Å². The van der Waals surface area contributed by atoms with E-state index in [-0.39, 0.29) is 17.3 Å². The smallest absolute Gasteiger partial charge is 0.435 e. The monoisotopic (exact) mass is 451 g/mol. The SMILES string of the molecule is COc1nccnc1C(N)c1[nH]nc(C(F)(F)F)c1-c1cc(Cl)cc(C(F)(F)F)c1. The lowest BCUT2D eigenvalue weighted by atomic mass is 9.96. The number of H-pyrrole nitrogens is 1. The molecule has 0 fully saturated rings. The van der Waals surface area contributed by atoms with Crippen molar-refractivity contribution in [2.24, 2.45) is 5.73 Å². The lowest BCUT2D eigenvalue weighted by Gasteiger charge is -2.16. The molecule has 160 valence electrons. The number of hydrogen-bond donors (Lipinski definition) is 2. The summed E-state index contributed by atoms with van der Waals surface area (Å²) in [4.78, 5) is 7.83. The summed E-state index contributed by atoms with van der Waals surface area (Å²) in [6.07, 6.45) is -7.31. The fourth-order valence-corrected chi connectivity index (χ4v) is 3.05. The number of aromatic amines is 1. The van der Waals surface area contributed by atoms with Crippen LogP contribution >= 0.6 is 11.6 Å². The summed E-state index contributed by atoms with van der Waals surface area (Å²) in [5, 5.41) is 5.00. The Bertz CT molecular complexity index is 1070. The van der Waals surface area contributed by atoms with Gasteiger partial charge in [-0.1, -0.05) is 11.6 Å². The van der Waals surface area contributed by atoms with E-state index in [1.807, 2.05) is 0 Å². The highest BCUT2D eigenvalue weighted by atomic mass is 35.5. The summed E-state index contributed by atoms with van der Waals surface area (Å²) in [6.45, 7) is 0. The van der Waals surface area contributed by atoms with Crippen LogP contribution < -0.4 is 10.5 Å². The van der Waals surface area contributed by atoms with Gasteiger partial charge in [-0.25, -0.2) is 4.98 Å². The third kappa shape index (κ3) is 4.19. The van der Waals surface area contributed by atoms with Gasteiger partial charge in [-0.05, 0) is 23.8 Å². The predicted octanol–water partition coefficient (Wildman–Crippen LogP) is 4.61. The molecule has 2 heterocycles. The molecule has 2 aromatic heterocycles. The molecule has 0 spiro atoms. The van der Waals surface area contributed by atoms with Gasteiger partial charge >= 0.3 is 12.4 Å². The van der Waals surface area contributed by atoms with E-state index in [0.717, 1.165) is 6.07 Å². The molecule has 0 aliphatic rings. The van der Waals surface area contributed by atoms with Crippen LogP contribution in [0.5, 0.6) is 5.88 Å². The third-order valence-electron chi connectivity index (χ3n) is 4.07. The van der Waals surface area contributed by atoms with Crippen molar-refractivity contribution < 1.29 is 31.1 Å². The molecule has 1 atom stereocenters. The van der Waals surface area contributed by atoms with Crippen LogP contribution in [0.2, 0.25) is 5.02 Å². The average molecular weight is 452 g/mol. The number of nitrogens with one attached hydrogen (secondary N) is 1. The number of benzene rings is 1. The summed E-state index contributed by atoms with van der Waals surface area (Å²) in [6, 6.07) is 0.724. The lowest BCUT2D eigenvalue weighted by Crippen LogP contribution is -2.17. The van der Waals surface area contributed by atoms with Gasteiger partial charge in [0.1, 0.15) is 5.69 Å². The van der Waals surface area contributed by atoms with Crippen LogP contribution in [0.25, 0.3) is 11.1 Å². The Hall–Kier alpha value is -2.86. The molecule has 0 bridgehead atoms. The Kier molecular flexibility index (Phi) is 5.65. The minimum atomic E-state index is -4.99. The van der Waals surface area contributed by atoms with Crippen molar-refractivity contribution in [2.75, 3.05) is 7.11 Å². The number of halogens is 7. The Labute approximate surface area is 170 Å². The van der Waals surface area contributed by atoms with Crippen LogP contribution in [0.3, 0.4) is 0 Å². The van der Waals surface area contributed by atoms with Gasteiger partial charge in [0.2, 0.25) is 5.88 Å². The maximum absolute atomic E-state index is 13.6. The van der Waals surface area contributed by atoms with E-state index in [2.05, 4.69) is 20.2 Å². The number of rotatable bonds is 4. The van der Waals surface area contributed by atoms with Crippen molar-refractivity contribution in [1.29, 1.82) is 0 Å². The first-order valence-corrected chi connectivity index (χ1v) is 8.45. The second kappa shape index (κ2) is 7.76. The molecular weight excluding hydrogens is 440 g/mol. The largest absolute Gasteiger partial charge is 0.480 e. The molecule has 3 aromatic rings. The Morgan fingerprint density at radius 3 is 2.30 bits per heavy atom. The number of hydrogen-bond acceptors (Lipinski definition) is 5. The minimum Gasteiger partial charge on any atom is -0.480 e. The topological polar surface area (TPSA) is 89.7 Å². The van der Waals surface area contributed by atoms with E-state index in [1.165, 1.54) is 19.5 Å². The van der Waals surface area contributed by atoms with E-state index in [4.69, 9.17) is 22.1 Å². The first kappa shape index (κ1) is 21.8. The van der Waals surface area contributed by atoms with Crippen molar-refractivity contribution in [3.8, 4) is 17.0 Å². The second-order valence-corrected chi connectivity index (χ2v) is 6.45. The van der Waals surface area contributed by atoms with Crippen LogP contribution in [0, 0.1) is 0 Å². The molecule has 0 radical (unpaired) electrons. The highest BCUT2D eigenvalue weighted by molar-refractivity contribution is 6.31. The maximum atomic E-state index is 13.6. The molecule has 0 aliphatic carbocycles. The first-order chi connectivity index (χ1) is 13.9. The van der Waals surface area contributed by atoms with E-state index in [9.17, 15) is 26.3 Å². The van der Waals surface area contributed by atoms with E-state index in [1.54, 1.807) is 0 Å². The zero-order chi connectivity index (χ0) is 22.3. The number of nitrogens with zero attached hydrogens (tertiary/aromatic N) is 3. The van der Waals surface area contributed by atoms with Crippen molar-refractivity contribution in [1.82, 2.24) is 20.2 Å². The van der Waals surface area contributed by atoms with E-state index >= 15 is 0 Å².